The molecule has 0 N–H and O–H groups in total. The molecule has 0 amide bonds. The second-order valence-corrected chi connectivity index (χ2v) is 56.9. The number of ether oxygens (including phenoxy) is 1. The molecule has 0 aliphatic carbocycles. The molecule has 0 atom stereocenters. The zero-order valence-corrected chi connectivity index (χ0v) is 58.9. The number of hydrogen-bond donors (Lipinski definition) is 0. The van der Waals surface area contributed by atoms with Gasteiger partial charge in [-0.25, -0.2) is 4.68 Å². The molecule has 13 heteroatoms. The number of rotatable bonds is 26. The summed E-state index contributed by atoms with van der Waals surface area (Å²) in [5.74, 6) is 0.289. The van der Waals surface area contributed by atoms with Gasteiger partial charge in [-0.3, -0.25) is 4.79 Å². The van der Waals surface area contributed by atoms with Gasteiger partial charge in [-0.1, -0.05) is 0 Å². The van der Waals surface area contributed by atoms with Crippen LogP contribution in [0.1, 0.15) is 116 Å². The average molecular weight is 1360 g/mol. The van der Waals surface area contributed by atoms with Crippen LogP contribution in [0, 0.1) is 0 Å². The molecule has 0 saturated carbocycles. The zero-order valence-electron chi connectivity index (χ0n) is 49.9. The molecule has 7 aromatic rings. The van der Waals surface area contributed by atoms with Gasteiger partial charge >= 0.3 is 401 Å². The fourth-order valence-corrected chi connectivity index (χ4v) is 78.8. The third kappa shape index (κ3) is 18.0. The molecule has 1 heterocycles. The minimum absolute atomic E-state index is 0.0900. The summed E-state index contributed by atoms with van der Waals surface area (Å²) in [7, 11) is 4.44. The summed E-state index contributed by atoms with van der Waals surface area (Å²) in [6.45, 7) is 30.4. The monoisotopic (exact) mass is 1360 g/mol. The SMILES string of the molecule is CC(C)([CH2][Sn]([CH2]C(C)(C)c1ccccc1)([CH2]C(C)(C)c1ccccc1)[O][Sn]([CH2]C(C)(C)c1ccccc1)([CH2]C(C)(C)c1ccccc1)[CH2]C(C)(C)c1ccccc1)c1ccccc1.COc1nn(CSP(=S)(OC)OC)c(=O)s1. The van der Waals surface area contributed by atoms with Crippen molar-refractivity contribution in [3.05, 3.63) is 225 Å². The van der Waals surface area contributed by atoms with E-state index in [0.717, 1.165) is 38.0 Å². The molecule has 0 unspecified atom stereocenters. The Balaban J connectivity index is 0.000000540. The summed E-state index contributed by atoms with van der Waals surface area (Å²) >= 11 is -0.901. The summed E-state index contributed by atoms with van der Waals surface area (Å²) in [4.78, 5) is 11.2. The molecule has 79 heavy (non-hydrogen) atoms. The fourth-order valence-electron chi connectivity index (χ4n) is 12.6. The molecule has 6 aromatic carbocycles. The van der Waals surface area contributed by atoms with Gasteiger partial charge in [-0.2, -0.15) is 0 Å². The van der Waals surface area contributed by atoms with Crippen molar-refractivity contribution in [1.82, 2.24) is 9.78 Å². The summed E-state index contributed by atoms with van der Waals surface area (Å²) in [5.41, 5.74) is 5.63. The van der Waals surface area contributed by atoms with Gasteiger partial charge in [0.2, 0.25) is 5.69 Å². The van der Waals surface area contributed by atoms with Crippen molar-refractivity contribution >= 4 is 77.8 Å². The van der Waals surface area contributed by atoms with E-state index in [1.165, 1.54) is 70.8 Å². The number of hydrogen-bond acceptors (Lipinski definition) is 9. The minimum Gasteiger partial charge on any atom is -0.472 e. The largest absolute Gasteiger partial charge is 0.472 e. The Bertz CT molecular complexity index is 2630. The van der Waals surface area contributed by atoms with E-state index in [1.54, 1.807) is 0 Å². The van der Waals surface area contributed by atoms with E-state index < -0.39 is 43.3 Å². The Labute approximate surface area is 497 Å². The Morgan fingerprint density at radius 2 is 0.671 bits per heavy atom. The van der Waals surface area contributed by atoms with E-state index in [1.807, 2.05) is 0 Å². The van der Waals surface area contributed by atoms with Crippen molar-refractivity contribution in [2.75, 3.05) is 21.3 Å². The molecular formula is C66H89N2O5PS3Sn2. The van der Waals surface area contributed by atoms with E-state index >= 15 is 0 Å². The normalized spacial score (nSPS) is 13.2. The maximum atomic E-state index is 11.4. The van der Waals surface area contributed by atoms with Gasteiger partial charge in [0.15, 0.2) is 0 Å². The molecule has 424 valence electrons. The Kier molecular flexibility index (Phi) is 22.7. The topological polar surface area (TPSA) is 71.8 Å². The first kappa shape index (κ1) is 65.1. The van der Waals surface area contributed by atoms with Gasteiger partial charge < -0.3 is 13.8 Å². The molecule has 0 saturated heterocycles. The van der Waals surface area contributed by atoms with Crippen LogP contribution in [0.2, 0.25) is 26.6 Å². The van der Waals surface area contributed by atoms with Gasteiger partial charge in [0.1, 0.15) is 5.88 Å². The second-order valence-electron chi connectivity index (χ2n) is 25.4. The van der Waals surface area contributed by atoms with Crippen LogP contribution in [0.15, 0.2) is 187 Å². The van der Waals surface area contributed by atoms with Crippen molar-refractivity contribution in [2.45, 2.75) is 148 Å². The van der Waals surface area contributed by atoms with Crippen LogP contribution in [0.5, 0.6) is 5.19 Å². The minimum atomic E-state index is -4.11. The molecule has 0 aliphatic rings. The van der Waals surface area contributed by atoms with Crippen LogP contribution >= 0.6 is 28.4 Å². The van der Waals surface area contributed by atoms with Crippen molar-refractivity contribution in [3.63, 3.8) is 0 Å². The molecular weight excluding hydrogens is 1270 g/mol. The Hall–Kier alpha value is -3.04. The van der Waals surface area contributed by atoms with Gasteiger partial charge in [-0.15, -0.1) is 5.10 Å². The number of aromatic nitrogens is 2. The zero-order chi connectivity index (χ0) is 57.8. The third-order valence-electron chi connectivity index (χ3n) is 15.9. The molecule has 0 spiro atoms. The Morgan fingerprint density at radius 3 is 0.861 bits per heavy atom. The maximum absolute atomic E-state index is 11.4. The van der Waals surface area contributed by atoms with Gasteiger partial charge in [-0.05, 0) is 34.5 Å². The molecule has 7 nitrogen and oxygen atoms in total. The summed E-state index contributed by atoms with van der Waals surface area (Å²) in [5, 5.41) is 4.27. The molecule has 7 rings (SSSR count). The first-order valence-corrected chi connectivity index (χ1v) is 47.1. The quantitative estimate of drug-likeness (QED) is 0.0392. The van der Waals surface area contributed by atoms with Crippen LogP contribution in [0.3, 0.4) is 0 Å². The second kappa shape index (κ2) is 27.6. The molecule has 0 radical (unpaired) electrons. The predicted octanol–water partition coefficient (Wildman–Crippen LogP) is 18.3. The van der Waals surface area contributed by atoms with E-state index in [2.05, 4.69) is 270 Å². The van der Waals surface area contributed by atoms with E-state index in [9.17, 15) is 6.21 Å². The first-order chi connectivity index (χ1) is 37.1. The smallest absolute Gasteiger partial charge is 0.329 e. The van der Waals surface area contributed by atoms with Crippen molar-refractivity contribution in [3.8, 4) is 5.19 Å². The summed E-state index contributed by atoms with van der Waals surface area (Å²) < 4.78 is 32.3. The van der Waals surface area contributed by atoms with Crippen molar-refractivity contribution in [1.29, 1.82) is 0 Å². The summed E-state index contributed by atoms with van der Waals surface area (Å²) in [6, 6.07) is 68.6. The fraction of sp³-hybridized carbons (Fsp3) is 0.424. The Morgan fingerprint density at radius 1 is 0.443 bits per heavy atom. The maximum Gasteiger partial charge on any atom is 0.329 e. The van der Waals surface area contributed by atoms with Gasteiger partial charge in [0, 0.05) is 14.2 Å². The van der Waals surface area contributed by atoms with Gasteiger partial charge in [0.05, 0.1) is 7.11 Å². The number of nitrogens with zero attached hydrogens (tertiary/aromatic N) is 2. The van der Waals surface area contributed by atoms with Crippen LogP contribution < -0.4 is 9.61 Å². The number of benzene rings is 6. The van der Waals surface area contributed by atoms with Crippen LogP contribution in [-0.2, 0) is 60.6 Å². The van der Waals surface area contributed by atoms with Crippen LogP contribution in [0.25, 0.3) is 0 Å². The third-order valence-corrected chi connectivity index (χ3v) is 67.5. The van der Waals surface area contributed by atoms with E-state index in [4.69, 9.17) is 25.6 Å². The first-order valence-electron chi connectivity index (χ1n) is 27.6. The molecule has 1 aromatic heterocycles. The van der Waals surface area contributed by atoms with E-state index in [-0.39, 0.29) is 43.2 Å². The van der Waals surface area contributed by atoms with Crippen molar-refractivity contribution < 1.29 is 15.2 Å². The van der Waals surface area contributed by atoms with Crippen LogP contribution in [0.4, 0.5) is 0 Å². The van der Waals surface area contributed by atoms with E-state index in [0.29, 0.717) is 5.19 Å². The summed E-state index contributed by atoms with van der Waals surface area (Å²) in [6.07, 6.45) is 0. The number of methoxy groups -OCH3 is 1. The molecule has 0 bridgehead atoms. The standard InChI is InChI=1S/6C10H13.C6H11N2O4PS3.O.2Sn/c6*1-10(2,3)9-7-5-4-6-8-9;1-10-5-7-8(6(9)16-5)4-15-13(14,11-2)12-3;;;/h6*4-8H,1H2,2-3H3;4H2,1-3H3;;;. The molecule has 0 aliphatic heterocycles. The van der Waals surface area contributed by atoms with Crippen molar-refractivity contribution in [2.24, 2.45) is 0 Å². The van der Waals surface area contributed by atoms with Gasteiger partial charge in [0.25, 0.3) is 5.19 Å². The average Bonchev–Trinajstić information content (AvgIpc) is 3.88. The molecule has 0 fully saturated rings. The van der Waals surface area contributed by atoms with Crippen LogP contribution in [-0.4, -0.2) is 68.7 Å². The predicted molar refractivity (Wildman–Crippen MR) is 347 cm³/mol.